The molecule has 0 aliphatic carbocycles. The number of benzene rings is 2. The number of ether oxygens (including phenoxy) is 3. The van der Waals surface area contributed by atoms with Crippen molar-refractivity contribution in [2.24, 2.45) is 0 Å². The van der Waals surface area contributed by atoms with Crippen LogP contribution in [0.15, 0.2) is 42.5 Å². The quantitative estimate of drug-likeness (QED) is 0.892. The molecule has 2 aliphatic rings. The van der Waals surface area contributed by atoms with Crippen molar-refractivity contribution in [2.75, 3.05) is 25.3 Å². The lowest BCUT2D eigenvalue weighted by atomic mass is 10.1. The van der Waals surface area contributed by atoms with Gasteiger partial charge in [0.05, 0.1) is 12.2 Å². The molecule has 27 heavy (non-hydrogen) atoms. The highest BCUT2D eigenvalue weighted by Crippen LogP contribution is 2.35. The molecule has 2 aromatic rings. The van der Waals surface area contributed by atoms with Gasteiger partial charge < -0.3 is 24.4 Å². The summed E-state index contributed by atoms with van der Waals surface area (Å²) in [6.45, 7) is 0.416. The van der Waals surface area contributed by atoms with E-state index >= 15 is 0 Å². The third-order valence-electron chi connectivity index (χ3n) is 4.68. The monoisotopic (exact) mass is 368 g/mol. The largest absolute Gasteiger partial charge is 0.477 e. The average Bonchev–Trinajstić information content (AvgIpc) is 3.18. The van der Waals surface area contributed by atoms with Crippen molar-refractivity contribution in [2.45, 2.75) is 18.9 Å². The van der Waals surface area contributed by atoms with Crippen LogP contribution in [-0.4, -0.2) is 38.3 Å². The first-order valence-corrected chi connectivity index (χ1v) is 8.82. The molecule has 1 atom stereocenters. The Kier molecular flexibility index (Phi) is 4.58. The molecule has 2 amide bonds. The molecule has 0 aromatic heterocycles. The van der Waals surface area contributed by atoms with E-state index in [4.69, 9.17) is 14.2 Å². The van der Waals surface area contributed by atoms with Gasteiger partial charge in [-0.25, -0.2) is 0 Å². The van der Waals surface area contributed by atoms with Crippen LogP contribution in [0.3, 0.4) is 0 Å². The molecule has 2 aromatic carbocycles. The van der Waals surface area contributed by atoms with Crippen molar-refractivity contribution in [3.05, 3.63) is 48.0 Å². The highest BCUT2D eigenvalue weighted by molar-refractivity contribution is 5.97. The van der Waals surface area contributed by atoms with Gasteiger partial charge in [-0.2, -0.15) is 0 Å². The zero-order valence-corrected chi connectivity index (χ0v) is 14.9. The molecule has 0 spiro atoms. The van der Waals surface area contributed by atoms with Crippen molar-refractivity contribution < 1.29 is 23.8 Å². The maximum atomic E-state index is 12.9. The highest BCUT2D eigenvalue weighted by atomic mass is 16.7. The molecule has 7 nitrogen and oxygen atoms in total. The minimum Gasteiger partial charge on any atom is -0.477 e. The minimum atomic E-state index is -0.723. The van der Waals surface area contributed by atoms with E-state index in [2.05, 4.69) is 5.32 Å². The van der Waals surface area contributed by atoms with Gasteiger partial charge in [0, 0.05) is 13.5 Å². The van der Waals surface area contributed by atoms with E-state index in [-0.39, 0.29) is 25.2 Å². The van der Waals surface area contributed by atoms with E-state index in [1.54, 1.807) is 18.0 Å². The van der Waals surface area contributed by atoms with Gasteiger partial charge in [-0.15, -0.1) is 0 Å². The summed E-state index contributed by atoms with van der Waals surface area (Å²) in [5, 5.41) is 2.58. The average molecular weight is 368 g/mol. The number of anilines is 1. The Labute approximate surface area is 156 Å². The van der Waals surface area contributed by atoms with Crippen molar-refractivity contribution in [3.63, 3.8) is 0 Å². The maximum absolute atomic E-state index is 12.9. The molecule has 2 aliphatic heterocycles. The van der Waals surface area contributed by atoms with Gasteiger partial charge in [0.2, 0.25) is 12.7 Å². The Hall–Kier alpha value is -3.22. The Morgan fingerprint density at radius 3 is 2.78 bits per heavy atom. The lowest BCUT2D eigenvalue weighted by Gasteiger charge is -2.34. The van der Waals surface area contributed by atoms with E-state index in [0.29, 0.717) is 30.0 Å². The fraction of sp³-hybridized carbons (Fsp3) is 0.300. The van der Waals surface area contributed by atoms with Crippen LogP contribution >= 0.6 is 0 Å². The summed E-state index contributed by atoms with van der Waals surface area (Å²) < 4.78 is 16.4. The summed E-state index contributed by atoms with van der Waals surface area (Å²) in [6, 6.07) is 12.9. The fourth-order valence-corrected chi connectivity index (χ4v) is 3.25. The summed E-state index contributed by atoms with van der Waals surface area (Å²) >= 11 is 0. The number of aryl methyl sites for hydroxylation is 1. The molecule has 1 N–H and O–H groups in total. The SMILES string of the molecule is CNC(=O)C1CN(C(=O)CCc2ccc3c(c2)OCO3)c2ccccc2O1. The van der Waals surface area contributed by atoms with Crippen molar-refractivity contribution in [3.8, 4) is 17.2 Å². The van der Waals surface area contributed by atoms with Crippen LogP contribution in [0.5, 0.6) is 17.2 Å². The predicted octanol–water partition coefficient (Wildman–Crippen LogP) is 1.89. The van der Waals surface area contributed by atoms with E-state index < -0.39 is 6.10 Å². The van der Waals surface area contributed by atoms with Gasteiger partial charge in [0.15, 0.2) is 17.6 Å². The van der Waals surface area contributed by atoms with E-state index in [9.17, 15) is 9.59 Å². The first-order valence-electron chi connectivity index (χ1n) is 8.82. The minimum absolute atomic E-state index is 0.0580. The van der Waals surface area contributed by atoms with Crippen LogP contribution in [0, 0.1) is 0 Å². The Morgan fingerprint density at radius 2 is 1.93 bits per heavy atom. The number of nitrogens with one attached hydrogen (secondary N) is 1. The van der Waals surface area contributed by atoms with Crippen LogP contribution in [-0.2, 0) is 16.0 Å². The number of rotatable bonds is 4. The number of carbonyl (C=O) groups excluding carboxylic acids is 2. The first kappa shape index (κ1) is 17.2. The second-order valence-electron chi connectivity index (χ2n) is 6.38. The smallest absolute Gasteiger partial charge is 0.262 e. The summed E-state index contributed by atoms with van der Waals surface area (Å²) in [4.78, 5) is 26.6. The number of fused-ring (bicyclic) bond motifs is 2. The summed E-state index contributed by atoms with van der Waals surface area (Å²) in [5.74, 6) is 1.65. The predicted molar refractivity (Wildman–Crippen MR) is 98.2 cm³/mol. The van der Waals surface area contributed by atoms with Crippen molar-refractivity contribution in [1.29, 1.82) is 0 Å². The molecule has 0 bridgehead atoms. The summed E-state index contributed by atoms with van der Waals surface area (Å²) in [6.07, 6.45) is 0.160. The molecule has 0 saturated heterocycles. The third kappa shape index (κ3) is 3.40. The number of hydrogen-bond donors (Lipinski definition) is 1. The molecule has 4 rings (SSSR count). The van der Waals surface area contributed by atoms with Crippen LogP contribution in [0.25, 0.3) is 0 Å². The van der Waals surface area contributed by atoms with Crippen molar-refractivity contribution >= 4 is 17.5 Å². The maximum Gasteiger partial charge on any atom is 0.262 e. The number of amides is 2. The van der Waals surface area contributed by atoms with E-state index in [0.717, 1.165) is 11.3 Å². The Bertz CT molecular complexity index is 882. The Morgan fingerprint density at radius 1 is 1.11 bits per heavy atom. The molecule has 0 fully saturated rings. The molecule has 0 saturated carbocycles. The second kappa shape index (κ2) is 7.19. The molecule has 2 heterocycles. The van der Waals surface area contributed by atoms with Crippen LogP contribution in [0.2, 0.25) is 0 Å². The lowest BCUT2D eigenvalue weighted by Crippen LogP contribution is -2.50. The molecular weight excluding hydrogens is 348 g/mol. The Balaban J connectivity index is 1.49. The summed E-state index contributed by atoms with van der Waals surface area (Å²) in [5.41, 5.74) is 1.69. The second-order valence-corrected chi connectivity index (χ2v) is 6.38. The number of para-hydroxylation sites is 2. The highest BCUT2D eigenvalue weighted by Gasteiger charge is 2.33. The van der Waals surface area contributed by atoms with Gasteiger partial charge in [-0.3, -0.25) is 9.59 Å². The standard InChI is InChI=1S/C20H20N2O5/c1-21-20(24)18-11-22(14-4-2-3-5-15(14)27-18)19(23)9-7-13-6-8-16-17(10-13)26-12-25-16/h2-6,8,10,18H,7,9,11-12H2,1H3,(H,21,24). The van der Waals surface area contributed by atoms with Gasteiger partial charge in [-0.1, -0.05) is 18.2 Å². The molecule has 7 heteroatoms. The third-order valence-corrected chi connectivity index (χ3v) is 4.68. The van der Waals surface area contributed by atoms with Gasteiger partial charge in [0.1, 0.15) is 5.75 Å². The van der Waals surface area contributed by atoms with E-state index in [1.807, 2.05) is 36.4 Å². The van der Waals surface area contributed by atoms with Gasteiger partial charge in [0.25, 0.3) is 5.91 Å². The topological polar surface area (TPSA) is 77.1 Å². The normalized spacial score (nSPS) is 17.1. The molecular formula is C20H20N2O5. The number of hydrogen-bond acceptors (Lipinski definition) is 5. The zero-order chi connectivity index (χ0) is 18.8. The summed E-state index contributed by atoms with van der Waals surface area (Å²) in [7, 11) is 1.55. The van der Waals surface area contributed by atoms with E-state index in [1.165, 1.54) is 0 Å². The zero-order valence-electron chi connectivity index (χ0n) is 14.9. The fourth-order valence-electron chi connectivity index (χ4n) is 3.25. The van der Waals surface area contributed by atoms with Gasteiger partial charge in [-0.05, 0) is 36.2 Å². The number of likely N-dealkylation sites (N-methyl/N-ethyl adjacent to an activating group) is 1. The van der Waals surface area contributed by atoms with Crippen LogP contribution in [0.1, 0.15) is 12.0 Å². The molecule has 1 unspecified atom stereocenters. The molecule has 0 radical (unpaired) electrons. The number of carbonyl (C=O) groups is 2. The van der Waals surface area contributed by atoms with Crippen LogP contribution in [0.4, 0.5) is 5.69 Å². The van der Waals surface area contributed by atoms with Crippen LogP contribution < -0.4 is 24.4 Å². The molecule has 140 valence electrons. The number of nitrogens with zero attached hydrogens (tertiary/aromatic N) is 1. The van der Waals surface area contributed by atoms with Gasteiger partial charge >= 0.3 is 0 Å². The lowest BCUT2D eigenvalue weighted by molar-refractivity contribution is -0.127. The first-order chi connectivity index (χ1) is 13.2. The van der Waals surface area contributed by atoms with Crippen molar-refractivity contribution in [1.82, 2.24) is 5.32 Å².